The first-order valence-corrected chi connectivity index (χ1v) is 9.51. The number of amides is 1. The highest BCUT2D eigenvalue weighted by atomic mass is 19.1. The van der Waals surface area contributed by atoms with Crippen molar-refractivity contribution in [2.24, 2.45) is 0 Å². The van der Waals surface area contributed by atoms with Gasteiger partial charge in [-0.25, -0.2) is 13.5 Å². The van der Waals surface area contributed by atoms with Crippen LogP contribution in [-0.2, 0) is 0 Å². The van der Waals surface area contributed by atoms with Gasteiger partial charge in [-0.2, -0.15) is 0 Å². The maximum Gasteiger partial charge on any atom is 0.274 e. The average molecular weight is 397 g/mol. The molecule has 1 aromatic heterocycles. The fourth-order valence-corrected chi connectivity index (χ4v) is 3.62. The monoisotopic (exact) mass is 397 g/mol. The van der Waals surface area contributed by atoms with Crippen LogP contribution in [0.1, 0.15) is 29.0 Å². The number of benzene rings is 2. The molecule has 1 fully saturated rings. The van der Waals surface area contributed by atoms with Gasteiger partial charge in [-0.05, 0) is 62.2 Å². The standard InChI is InChI=1S/C21H21F2N5O/c1-14-20(25-26-28(14)18-9-7-15(22)8-10-18)21(29)24-17-5-3-11-27(13-17)19-6-2-4-16(23)12-19/h2,4,6-10,12,17H,3,5,11,13H2,1H3,(H,24,29). The molecule has 0 bridgehead atoms. The third-order valence-corrected chi connectivity index (χ3v) is 5.11. The molecule has 29 heavy (non-hydrogen) atoms. The molecular weight excluding hydrogens is 376 g/mol. The van der Waals surface area contributed by atoms with E-state index in [-0.39, 0.29) is 29.3 Å². The molecule has 6 nitrogen and oxygen atoms in total. The number of halogens is 2. The van der Waals surface area contributed by atoms with Gasteiger partial charge in [0, 0.05) is 24.8 Å². The van der Waals surface area contributed by atoms with Gasteiger partial charge >= 0.3 is 0 Å². The van der Waals surface area contributed by atoms with Crippen LogP contribution >= 0.6 is 0 Å². The highest BCUT2D eigenvalue weighted by Gasteiger charge is 2.25. The number of hydrogen-bond acceptors (Lipinski definition) is 4. The summed E-state index contributed by atoms with van der Waals surface area (Å²) >= 11 is 0. The van der Waals surface area contributed by atoms with Gasteiger partial charge in [0.15, 0.2) is 5.69 Å². The number of rotatable bonds is 4. The fourth-order valence-electron chi connectivity index (χ4n) is 3.62. The highest BCUT2D eigenvalue weighted by molar-refractivity contribution is 5.93. The normalized spacial score (nSPS) is 16.7. The van der Waals surface area contributed by atoms with Crippen LogP contribution in [0.4, 0.5) is 14.5 Å². The fraction of sp³-hybridized carbons (Fsp3) is 0.286. The number of anilines is 1. The summed E-state index contributed by atoms with van der Waals surface area (Å²) in [5.74, 6) is -0.923. The van der Waals surface area contributed by atoms with Crippen LogP contribution in [0.25, 0.3) is 5.69 Å². The molecule has 1 aliphatic rings. The van der Waals surface area contributed by atoms with Crippen molar-refractivity contribution >= 4 is 11.6 Å². The lowest BCUT2D eigenvalue weighted by atomic mass is 10.0. The minimum atomic E-state index is -0.343. The summed E-state index contributed by atoms with van der Waals surface area (Å²) in [6.07, 6.45) is 1.73. The third kappa shape index (κ3) is 4.11. The number of nitrogens with zero attached hydrogens (tertiary/aromatic N) is 4. The first-order valence-electron chi connectivity index (χ1n) is 9.51. The molecular formula is C21H21F2N5O. The Kier molecular flexibility index (Phi) is 5.24. The van der Waals surface area contributed by atoms with Crippen LogP contribution in [0.2, 0.25) is 0 Å². The molecule has 1 atom stereocenters. The summed E-state index contributed by atoms with van der Waals surface area (Å²) in [6, 6.07) is 12.2. The van der Waals surface area contributed by atoms with E-state index in [4.69, 9.17) is 0 Å². The van der Waals surface area contributed by atoms with E-state index in [0.717, 1.165) is 25.1 Å². The Morgan fingerprint density at radius 1 is 1.10 bits per heavy atom. The molecule has 0 aliphatic carbocycles. The topological polar surface area (TPSA) is 63.1 Å². The van der Waals surface area contributed by atoms with Crippen molar-refractivity contribution < 1.29 is 13.6 Å². The molecule has 8 heteroatoms. The van der Waals surface area contributed by atoms with Crippen molar-refractivity contribution in [3.05, 3.63) is 71.6 Å². The zero-order valence-corrected chi connectivity index (χ0v) is 16.0. The number of aromatic nitrogens is 3. The predicted octanol–water partition coefficient (Wildman–Crippen LogP) is 3.25. The quantitative estimate of drug-likeness (QED) is 0.734. The molecule has 4 rings (SSSR count). The van der Waals surface area contributed by atoms with E-state index < -0.39 is 0 Å². The van der Waals surface area contributed by atoms with Gasteiger partial charge in [0.2, 0.25) is 0 Å². The van der Waals surface area contributed by atoms with Crippen molar-refractivity contribution in [2.45, 2.75) is 25.8 Å². The van der Waals surface area contributed by atoms with Crippen LogP contribution in [0.3, 0.4) is 0 Å². The van der Waals surface area contributed by atoms with E-state index in [2.05, 4.69) is 20.5 Å². The molecule has 150 valence electrons. The SMILES string of the molecule is Cc1c(C(=O)NC2CCCN(c3cccc(F)c3)C2)nnn1-c1ccc(F)cc1. The lowest BCUT2D eigenvalue weighted by molar-refractivity contribution is 0.0927. The summed E-state index contributed by atoms with van der Waals surface area (Å²) in [7, 11) is 0. The lowest BCUT2D eigenvalue weighted by Crippen LogP contribution is -2.48. The Labute approximate surface area is 167 Å². The van der Waals surface area contributed by atoms with Gasteiger partial charge in [0.25, 0.3) is 5.91 Å². The number of nitrogens with one attached hydrogen (secondary N) is 1. The number of piperidine rings is 1. The number of carbonyl (C=O) groups is 1. The summed E-state index contributed by atoms with van der Waals surface area (Å²) in [5.41, 5.74) is 2.25. The maximum absolute atomic E-state index is 13.5. The van der Waals surface area contributed by atoms with Crippen molar-refractivity contribution in [3.8, 4) is 5.69 Å². The molecule has 3 aromatic rings. The van der Waals surface area contributed by atoms with E-state index in [9.17, 15) is 13.6 Å². The van der Waals surface area contributed by atoms with E-state index in [1.54, 1.807) is 25.1 Å². The van der Waals surface area contributed by atoms with Crippen LogP contribution in [0, 0.1) is 18.6 Å². The first-order chi connectivity index (χ1) is 14.0. The summed E-state index contributed by atoms with van der Waals surface area (Å²) in [4.78, 5) is 14.8. The molecule has 0 saturated carbocycles. The summed E-state index contributed by atoms with van der Waals surface area (Å²) < 4.78 is 28.2. The summed E-state index contributed by atoms with van der Waals surface area (Å²) in [5, 5.41) is 11.1. The highest BCUT2D eigenvalue weighted by Crippen LogP contribution is 2.21. The second kappa shape index (κ2) is 7.98. The van der Waals surface area contributed by atoms with Gasteiger partial charge in [0.1, 0.15) is 11.6 Å². The Morgan fingerprint density at radius 2 is 1.90 bits per heavy atom. The van der Waals surface area contributed by atoms with Crippen molar-refractivity contribution in [2.75, 3.05) is 18.0 Å². The second-order valence-electron chi connectivity index (χ2n) is 7.15. The Balaban J connectivity index is 1.46. The van der Waals surface area contributed by atoms with Gasteiger partial charge in [0.05, 0.1) is 11.4 Å². The minimum Gasteiger partial charge on any atom is -0.369 e. The van der Waals surface area contributed by atoms with Crippen LogP contribution in [0.15, 0.2) is 48.5 Å². The second-order valence-corrected chi connectivity index (χ2v) is 7.15. The van der Waals surface area contributed by atoms with Crippen molar-refractivity contribution in [1.82, 2.24) is 20.3 Å². The van der Waals surface area contributed by atoms with E-state index in [1.807, 2.05) is 6.07 Å². The van der Waals surface area contributed by atoms with E-state index in [0.29, 0.717) is 17.9 Å². The molecule has 1 saturated heterocycles. The predicted molar refractivity (Wildman–Crippen MR) is 105 cm³/mol. The first kappa shape index (κ1) is 19.0. The van der Waals surface area contributed by atoms with Crippen LogP contribution in [0.5, 0.6) is 0 Å². The average Bonchev–Trinajstić information content (AvgIpc) is 3.10. The molecule has 0 spiro atoms. The van der Waals surface area contributed by atoms with Crippen molar-refractivity contribution in [3.63, 3.8) is 0 Å². The van der Waals surface area contributed by atoms with E-state index in [1.165, 1.54) is 28.9 Å². The Hall–Kier alpha value is -3.29. The van der Waals surface area contributed by atoms with Crippen LogP contribution in [-0.4, -0.2) is 40.0 Å². The van der Waals surface area contributed by atoms with Crippen molar-refractivity contribution in [1.29, 1.82) is 0 Å². The van der Waals surface area contributed by atoms with Crippen LogP contribution < -0.4 is 10.2 Å². The van der Waals surface area contributed by atoms with Gasteiger partial charge in [-0.1, -0.05) is 11.3 Å². The zero-order valence-electron chi connectivity index (χ0n) is 16.0. The molecule has 0 radical (unpaired) electrons. The maximum atomic E-state index is 13.5. The number of hydrogen-bond donors (Lipinski definition) is 1. The molecule has 2 heterocycles. The number of carbonyl (C=O) groups excluding carboxylic acids is 1. The smallest absolute Gasteiger partial charge is 0.274 e. The third-order valence-electron chi connectivity index (χ3n) is 5.11. The van der Waals surface area contributed by atoms with Gasteiger partial charge in [-0.3, -0.25) is 4.79 Å². The van der Waals surface area contributed by atoms with E-state index >= 15 is 0 Å². The van der Waals surface area contributed by atoms with Gasteiger partial charge in [-0.15, -0.1) is 5.10 Å². The molecule has 1 aliphatic heterocycles. The molecule has 1 amide bonds. The zero-order chi connectivity index (χ0) is 20.4. The van der Waals surface area contributed by atoms with Gasteiger partial charge < -0.3 is 10.2 Å². The Morgan fingerprint density at radius 3 is 2.66 bits per heavy atom. The molecule has 1 unspecified atom stereocenters. The largest absolute Gasteiger partial charge is 0.369 e. The lowest BCUT2D eigenvalue weighted by Gasteiger charge is -2.34. The summed E-state index contributed by atoms with van der Waals surface area (Å²) in [6.45, 7) is 3.16. The minimum absolute atomic E-state index is 0.0742. The molecule has 1 N–H and O–H groups in total. The molecule has 2 aromatic carbocycles. The Bertz CT molecular complexity index is 1020.